The highest BCUT2D eigenvalue weighted by Crippen LogP contribution is 2.12. The average molecular weight is 314 g/mol. The number of carbonyl (C=O) groups excluding carboxylic acids is 1. The van der Waals surface area contributed by atoms with Crippen LogP contribution in [0.5, 0.6) is 0 Å². The van der Waals surface area contributed by atoms with E-state index in [0.717, 1.165) is 12.1 Å². The summed E-state index contributed by atoms with van der Waals surface area (Å²) < 4.78 is 0. The summed E-state index contributed by atoms with van der Waals surface area (Å²) in [4.78, 5) is 36.2. The molecule has 2 aromatic rings. The van der Waals surface area contributed by atoms with Gasteiger partial charge in [0.1, 0.15) is 5.82 Å². The van der Waals surface area contributed by atoms with E-state index in [-0.39, 0.29) is 11.5 Å². The SMILES string of the molecule is CCC1=NOC(C(=O)NCCc2nc3ccccc3c(=O)[nH]2)C1. The van der Waals surface area contributed by atoms with Crippen molar-refractivity contribution in [3.8, 4) is 0 Å². The Morgan fingerprint density at radius 1 is 1.43 bits per heavy atom. The van der Waals surface area contributed by atoms with Gasteiger partial charge < -0.3 is 15.1 Å². The summed E-state index contributed by atoms with van der Waals surface area (Å²) in [7, 11) is 0. The van der Waals surface area contributed by atoms with Gasteiger partial charge in [0.05, 0.1) is 16.6 Å². The molecular weight excluding hydrogens is 296 g/mol. The first-order valence-electron chi connectivity index (χ1n) is 7.64. The molecule has 0 saturated heterocycles. The predicted molar refractivity (Wildman–Crippen MR) is 86.3 cm³/mol. The zero-order chi connectivity index (χ0) is 16.2. The Labute approximate surface area is 132 Å². The smallest absolute Gasteiger partial charge is 0.264 e. The van der Waals surface area contributed by atoms with E-state index < -0.39 is 6.10 Å². The van der Waals surface area contributed by atoms with Gasteiger partial charge in [0.25, 0.3) is 11.5 Å². The van der Waals surface area contributed by atoms with E-state index in [9.17, 15) is 9.59 Å². The predicted octanol–water partition coefficient (Wildman–Crippen LogP) is 1.14. The molecule has 1 atom stereocenters. The van der Waals surface area contributed by atoms with E-state index in [1.807, 2.05) is 13.0 Å². The number of hydrogen-bond donors (Lipinski definition) is 2. The fraction of sp³-hybridized carbons (Fsp3) is 0.375. The summed E-state index contributed by atoms with van der Waals surface area (Å²) in [6.07, 6.45) is 1.22. The van der Waals surface area contributed by atoms with Gasteiger partial charge in [0.2, 0.25) is 6.10 Å². The van der Waals surface area contributed by atoms with Crippen molar-refractivity contribution in [2.45, 2.75) is 32.3 Å². The van der Waals surface area contributed by atoms with Gasteiger partial charge in [-0.1, -0.05) is 24.2 Å². The third kappa shape index (κ3) is 3.39. The van der Waals surface area contributed by atoms with Crippen molar-refractivity contribution in [1.29, 1.82) is 0 Å². The summed E-state index contributed by atoms with van der Waals surface area (Å²) in [6, 6.07) is 7.16. The van der Waals surface area contributed by atoms with Crippen LogP contribution in [-0.4, -0.2) is 34.2 Å². The van der Waals surface area contributed by atoms with E-state index in [1.54, 1.807) is 18.2 Å². The lowest BCUT2D eigenvalue weighted by Crippen LogP contribution is -2.36. The number of rotatable bonds is 5. The lowest BCUT2D eigenvalue weighted by molar-refractivity contribution is -0.131. The minimum Gasteiger partial charge on any atom is -0.382 e. The monoisotopic (exact) mass is 314 g/mol. The standard InChI is InChI=1S/C16H18N4O3/c1-2-10-9-13(23-20-10)16(22)17-8-7-14-18-12-6-4-3-5-11(12)15(21)19-14/h3-6,13H,2,7-9H2,1H3,(H,17,22)(H,18,19,21). The quantitative estimate of drug-likeness (QED) is 0.865. The average Bonchev–Trinajstić information content (AvgIpc) is 3.04. The highest BCUT2D eigenvalue weighted by molar-refractivity contribution is 5.92. The summed E-state index contributed by atoms with van der Waals surface area (Å²) in [5.41, 5.74) is 1.38. The molecule has 2 heterocycles. The van der Waals surface area contributed by atoms with Crippen LogP contribution in [0.4, 0.5) is 0 Å². The van der Waals surface area contributed by atoms with Crippen molar-refractivity contribution in [2.24, 2.45) is 5.16 Å². The molecule has 1 aliphatic heterocycles. The van der Waals surface area contributed by atoms with Crippen LogP contribution >= 0.6 is 0 Å². The molecule has 23 heavy (non-hydrogen) atoms. The largest absolute Gasteiger partial charge is 0.382 e. The second-order valence-electron chi connectivity index (χ2n) is 5.38. The Hall–Kier alpha value is -2.70. The van der Waals surface area contributed by atoms with Gasteiger partial charge in [-0.15, -0.1) is 0 Å². The number of benzene rings is 1. The number of aromatic nitrogens is 2. The molecule has 7 heteroatoms. The third-order valence-corrected chi connectivity index (χ3v) is 3.75. The molecule has 7 nitrogen and oxygen atoms in total. The number of nitrogens with one attached hydrogen (secondary N) is 2. The van der Waals surface area contributed by atoms with Crippen molar-refractivity contribution in [1.82, 2.24) is 15.3 Å². The maximum absolute atomic E-state index is 12.0. The normalized spacial score (nSPS) is 16.9. The van der Waals surface area contributed by atoms with Crippen LogP contribution in [0.3, 0.4) is 0 Å². The molecule has 1 unspecified atom stereocenters. The van der Waals surface area contributed by atoms with Gasteiger partial charge in [-0.3, -0.25) is 9.59 Å². The second-order valence-corrected chi connectivity index (χ2v) is 5.38. The van der Waals surface area contributed by atoms with Crippen molar-refractivity contribution >= 4 is 22.5 Å². The fourth-order valence-corrected chi connectivity index (χ4v) is 2.45. The Morgan fingerprint density at radius 3 is 3.04 bits per heavy atom. The molecule has 0 fully saturated rings. The molecule has 0 radical (unpaired) electrons. The highest BCUT2D eigenvalue weighted by atomic mass is 16.6. The topological polar surface area (TPSA) is 96.4 Å². The zero-order valence-corrected chi connectivity index (χ0v) is 12.8. The molecular formula is C16H18N4O3. The summed E-state index contributed by atoms with van der Waals surface area (Å²) in [6.45, 7) is 2.35. The van der Waals surface area contributed by atoms with E-state index in [1.165, 1.54) is 0 Å². The molecule has 0 spiro atoms. The first-order chi connectivity index (χ1) is 11.2. The number of para-hydroxylation sites is 1. The number of H-pyrrole nitrogens is 1. The maximum atomic E-state index is 12.0. The van der Waals surface area contributed by atoms with Gasteiger partial charge in [-0.05, 0) is 18.6 Å². The molecule has 0 bridgehead atoms. The van der Waals surface area contributed by atoms with Crippen LogP contribution in [0.15, 0.2) is 34.2 Å². The number of amides is 1. The molecule has 1 aliphatic rings. The van der Waals surface area contributed by atoms with Gasteiger partial charge in [0.15, 0.2) is 0 Å². The Kier molecular flexibility index (Phi) is 4.36. The van der Waals surface area contributed by atoms with Crippen molar-refractivity contribution in [2.75, 3.05) is 6.54 Å². The van der Waals surface area contributed by atoms with Crippen LogP contribution in [0.2, 0.25) is 0 Å². The molecule has 0 aliphatic carbocycles. The maximum Gasteiger partial charge on any atom is 0.264 e. The summed E-state index contributed by atoms with van der Waals surface area (Å²) in [5.74, 6) is 0.354. The van der Waals surface area contributed by atoms with Crippen LogP contribution in [0.25, 0.3) is 10.9 Å². The van der Waals surface area contributed by atoms with E-state index in [4.69, 9.17) is 4.84 Å². The molecule has 120 valence electrons. The highest BCUT2D eigenvalue weighted by Gasteiger charge is 2.26. The van der Waals surface area contributed by atoms with Gasteiger partial charge in [0, 0.05) is 19.4 Å². The fourth-order valence-electron chi connectivity index (χ4n) is 2.45. The number of carbonyl (C=O) groups is 1. The number of fused-ring (bicyclic) bond motifs is 1. The molecule has 0 saturated carbocycles. The van der Waals surface area contributed by atoms with Crippen molar-refractivity contribution < 1.29 is 9.63 Å². The zero-order valence-electron chi connectivity index (χ0n) is 12.8. The molecule has 1 amide bonds. The van der Waals surface area contributed by atoms with Gasteiger partial charge in [-0.25, -0.2) is 4.98 Å². The van der Waals surface area contributed by atoms with Crippen molar-refractivity contribution in [3.63, 3.8) is 0 Å². The van der Waals surface area contributed by atoms with E-state index >= 15 is 0 Å². The van der Waals surface area contributed by atoms with Crippen LogP contribution in [0, 0.1) is 0 Å². The number of oxime groups is 1. The Balaban J connectivity index is 1.57. The number of hydrogen-bond acceptors (Lipinski definition) is 5. The van der Waals surface area contributed by atoms with Crippen LogP contribution < -0.4 is 10.9 Å². The first-order valence-corrected chi connectivity index (χ1v) is 7.64. The minimum atomic E-state index is -0.548. The van der Waals surface area contributed by atoms with Crippen LogP contribution in [-0.2, 0) is 16.1 Å². The first kappa shape index (κ1) is 15.2. The van der Waals surface area contributed by atoms with E-state index in [2.05, 4.69) is 20.4 Å². The lowest BCUT2D eigenvalue weighted by atomic mass is 10.1. The molecule has 2 N–H and O–H groups in total. The Morgan fingerprint density at radius 2 is 2.26 bits per heavy atom. The van der Waals surface area contributed by atoms with E-state index in [0.29, 0.717) is 36.1 Å². The van der Waals surface area contributed by atoms with Crippen LogP contribution in [0.1, 0.15) is 25.6 Å². The van der Waals surface area contributed by atoms with Gasteiger partial charge >= 0.3 is 0 Å². The molecule has 1 aromatic heterocycles. The molecule has 1 aromatic carbocycles. The van der Waals surface area contributed by atoms with Gasteiger partial charge in [-0.2, -0.15) is 0 Å². The third-order valence-electron chi connectivity index (χ3n) is 3.75. The summed E-state index contributed by atoms with van der Waals surface area (Å²) >= 11 is 0. The Bertz CT molecular complexity index is 812. The number of nitrogens with zero attached hydrogens (tertiary/aromatic N) is 2. The summed E-state index contributed by atoms with van der Waals surface area (Å²) in [5, 5.41) is 7.21. The lowest BCUT2D eigenvalue weighted by Gasteiger charge is -2.09. The number of aromatic amines is 1. The van der Waals surface area contributed by atoms with Crippen molar-refractivity contribution in [3.05, 3.63) is 40.4 Å². The molecule has 3 rings (SSSR count). The second kappa shape index (κ2) is 6.60. The minimum absolute atomic E-state index is 0.169.